The van der Waals surface area contributed by atoms with Gasteiger partial charge in [0.1, 0.15) is 5.75 Å². The van der Waals surface area contributed by atoms with Crippen molar-refractivity contribution < 1.29 is 19.7 Å². The van der Waals surface area contributed by atoms with Crippen molar-refractivity contribution in [1.29, 1.82) is 0 Å². The first-order chi connectivity index (χ1) is 16.6. The summed E-state index contributed by atoms with van der Waals surface area (Å²) in [7, 11) is 1.62. The highest BCUT2D eigenvalue weighted by Crippen LogP contribution is 2.33. The van der Waals surface area contributed by atoms with E-state index in [9.17, 15) is 15.0 Å². The fourth-order valence-corrected chi connectivity index (χ4v) is 5.13. The summed E-state index contributed by atoms with van der Waals surface area (Å²) in [6.07, 6.45) is 7.28. The van der Waals surface area contributed by atoms with Crippen molar-refractivity contribution in [3.8, 4) is 5.75 Å². The number of aromatic nitrogens is 2. The predicted molar refractivity (Wildman–Crippen MR) is 131 cm³/mol. The zero-order valence-electron chi connectivity index (χ0n) is 19.6. The second-order valence-electron chi connectivity index (χ2n) is 8.99. The zero-order chi connectivity index (χ0) is 23.9. The molecule has 4 rings (SSSR count). The highest BCUT2D eigenvalue weighted by Gasteiger charge is 2.35. The number of fused-ring (bicyclic) bond motifs is 1. The second-order valence-corrected chi connectivity index (χ2v) is 8.99. The van der Waals surface area contributed by atoms with Gasteiger partial charge in [0.15, 0.2) is 0 Å². The van der Waals surface area contributed by atoms with Crippen LogP contribution < -0.4 is 4.74 Å². The number of aliphatic hydroxyl groups is 1. The van der Waals surface area contributed by atoms with E-state index in [1.54, 1.807) is 19.5 Å². The number of nitrogens with zero attached hydrogens (tertiary/aromatic N) is 3. The molecule has 1 aliphatic rings. The minimum Gasteiger partial charge on any atom is -0.497 e. The monoisotopic (exact) mass is 463 g/mol. The highest BCUT2D eigenvalue weighted by molar-refractivity contribution is 5.83. The molecule has 0 spiro atoms. The van der Waals surface area contributed by atoms with Crippen LogP contribution in [-0.4, -0.2) is 57.3 Å². The van der Waals surface area contributed by atoms with E-state index in [-0.39, 0.29) is 6.04 Å². The van der Waals surface area contributed by atoms with Crippen LogP contribution in [-0.2, 0) is 11.2 Å². The van der Waals surface area contributed by atoms with Gasteiger partial charge in [-0.05, 0) is 93.6 Å². The van der Waals surface area contributed by atoms with Crippen LogP contribution in [0.2, 0.25) is 0 Å². The molecule has 3 atom stereocenters. The molecular weight excluding hydrogens is 430 g/mol. The van der Waals surface area contributed by atoms with Crippen molar-refractivity contribution in [2.75, 3.05) is 20.2 Å². The van der Waals surface area contributed by atoms with Gasteiger partial charge in [0.2, 0.25) is 0 Å². The van der Waals surface area contributed by atoms with Gasteiger partial charge in [0, 0.05) is 29.5 Å². The number of carboxylic acid groups (broad SMARTS) is 1. The van der Waals surface area contributed by atoms with Crippen LogP contribution in [0.25, 0.3) is 10.9 Å². The third-order valence-corrected chi connectivity index (χ3v) is 6.89. The van der Waals surface area contributed by atoms with Crippen LogP contribution in [0, 0.1) is 5.92 Å². The predicted octanol–water partition coefficient (Wildman–Crippen LogP) is 4.25. The molecule has 0 saturated carbocycles. The maximum absolute atomic E-state index is 12.0. The molecular formula is C27H33N3O4. The Balaban J connectivity index is 1.45. The van der Waals surface area contributed by atoms with Crippen molar-refractivity contribution in [3.05, 3.63) is 66.1 Å². The van der Waals surface area contributed by atoms with Crippen molar-refractivity contribution >= 4 is 16.9 Å². The number of methoxy groups -OCH3 is 1. The Kier molecular flexibility index (Phi) is 8.08. The van der Waals surface area contributed by atoms with E-state index in [2.05, 4.69) is 14.9 Å². The van der Waals surface area contributed by atoms with Crippen LogP contribution in [0.4, 0.5) is 0 Å². The van der Waals surface area contributed by atoms with E-state index >= 15 is 0 Å². The molecule has 2 N–H and O–H groups in total. The summed E-state index contributed by atoms with van der Waals surface area (Å²) in [5, 5.41) is 21.9. The maximum Gasteiger partial charge on any atom is 0.308 e. The van der Waals surface area contributed by atoms with Gasteiger partial charge < -0.3 is 14.9 Å². The van der Waals surface area contributed by atoms with Gasteiger partial charge in [-0.3, -0.25) is 19.7 Å². The Morgan fingerprint density at radius 2 is 2.09 bits per heavy atom. The number of carbonyl (C=O) groups is 1. The molecule has 0 bridgehead atoms. The van der Waals surface area contributed by atoms with E-state index < -0.39 is 18.0 Å². The summed E-state index contributed by atoms with van der Waals surface area (Å²) in [5.74, 6) is -0.440. The number of hydrogen-bond acceptors (Lipinski definition) is 6. The largest absolute Gasteiger partial charge is 0.497 e. The number of ether oxygens (including phenoxy) is 1. The Morgan fingerprint density at radius 1 is 1.21 bits per heavy atom. The van der Waals surface area contributed by atoms with Gasteiger partial charge in [-0.2, -0.15) is 0 Å². The number of likely N-dealkylation sites (tertiary alicyclic amines) is 1. The summed E-state index contributed by atoms with van der Waals surface area (Å²) in [6.45, 7) is 1.72. The molecule has 7 heteroatoms. The van der Waals surface area contributed by atoms with Crippen LogP contribution in [0.5, 0.6) is 5.75 Å². The molecule has 3 heterocycles. The summed E-state index contributed by atoms with van der Waals surface area (Å²) < 4.78 is 5.35. The number of hydrogen-bond donors (Lipinski definition) is 2. The minimum absolute atomic E-state index is 0.0905. The Bertz CT molecular complexity index is 1090. The van der Waals surface area contributed by atoms with E-state index in [0.29, 0.717) is 25.0 Å². The fraction of sp³-hybridized carbons (Fsp3) is 0.444. The van der Waals surface area contributed by atoms with E-state index in [4.69, 9.17) is 4.74 Å². The highest BCUT2D eigenvalue weighted by atomic mass is 16.5. The molecule has 0 radical (unpaired) electrons. The van der Waals surface area contributed by atoms with Crippen molar-refractivity contribution in [1.82, 2.24) is 14.9 Å². The number of benzene rings is 1. The van der Waals surface area contributed by atoms with Gasteiger partial charge in [0.25, 0.3) is 0 Å². The van der Waals surface area contributed by atoms with Crippen LogP contribution in [0.3, 0.4) is 0 Å². The normalized spacial score (nSPS) is 19.7. The van der Waals surface area contributed by atoms with Gasteiger partial charge in [-0.25, -0.2) is 0 Å². The molecule has 1 aliphatic heterocycles. The molecule has 3 unspecified atom stereocenters. The van der Waals surface area contributed by atoms with Crippen LogP contribution >= 0.6 is 0 Å². The molecule has 1 aromatic carbocycles. The lowest BCUT2D eigenvalue weighted by atomic mass is 9.85. The molecule has 1 saturated heterocycles. The zero-order valence-corrected chi connectivity index (χ0v) is 19.6. The first-order valence-electron chi connectivity index (χ1n) is 12.0. The third-order valence-electron chi connectivity index (χ3n) is 6.89. The van der Waals surface area contributed by atoms with Crippen LogP contribution in [0.1, 0.15) is 49.5 Å². The van der Waals surface area contributed by atoms with E-state index in [1.165, 1.54) is 0 Å². The number of piperidine rings is 1. The topological polar surface area (TPSA) is 95.8 Å². The Hall–Kier alpha value is -3.03. The number of carboxylic acids is 1. The average molecular weight is 464 g/mol. The first-order valence-corrected chi connectivity index (χ1v) is 12.0. The quantitative estimate of drug-likeness (QED) is 0.464. The van der Waals surface area contributed by atoms with Crippen molar-refractivity contribution in [2.24, 2.45) is 5.92 Å². The lowest BCUT2D eigenvalue weighted by Gasteiger charge is -2.40. The average Bonchev–Trinajstić information content (AvgIpc) is 2.87. The van der Waals surface area contributed by atoms with E-state index in [1.807, 2.05) is 42.5 Å². The number of aryl methyl sites for hydroxylation is 1. The number of pyridine rings is 2. The van der Waals surface area contributed by atoms with Crippen molar-refractivity contribution in [2.45, 2.75) is 50.7 Å². The van der Waals surface area contributed by atoms with Gasteiger partial charge >= 0.3 is 5.97 Å². The van der Waals surface area contributed by atoms with Gasteiger partial charge in [-0.15, -0.1) is 0 Å². The van der Waals surface area contributed by atoms with Gasteiger partial charge in [-0.1, -0.05) is 6.07 Å². The second kappa shape index (κ2) is 11.4. The number of aliphatic carboxylic acids is 1. The summed E-state index contributed by atoms with van der Waals surface area (Å²) in [6, 6.07) is 13.3. The smallest absolute Gasteiger partial charge is 0.308 e. The lowest BCUT2D eigenvalue weighted by Crippen LogP contribution is -2.48. The lowest BCUT2D eigenvalue weighted by molar-refractivity contribution is -0.146. The molecule has 0 amide bonds. The molecule has 2 aromatic heterocycles. The molecule has 1 fully saturated rings. The number of rotatable bonds is 10. The summed E-state index contributed by atoms with van der Waals surface area (Å²) in [5.41, 5.74) is 2.66. The first kappa shape index (κ1) is 24.1. The summed E-state index contributed by atoms with van der Waals surface area (Å²) in [4.78, 5) is 23.1. The molecule has 7 nitrogen and oxygen atoms in total. The molecule has 180 valence electrons. The minimum atomic E-state index is -0.743. The van der Waals surface area contributed by atoms with Gasteiger partial charge in [0.05, 0.1) is 24.6 Å². The van der Waals surface area contributed by atoms with E-state index in [0.717, 1.165) is 54.5 Å². The van der Waals surface area contributed by atoms with Crippen molar-refractivity contribution in [3.63, 3.8) is 0 Å². The third kappa shape index (κ3) is 5.72. The standard InChI is InChI=1S/C27H33N3O4/c1-34-20-9-10-24-23(18-20)21(13-15-29-24)26(31)12-11-25-22(27(32)33)8-5-17-30(25)16-4-7-19-6-2-3-14-28-19/h2-3,6,9-10,13-15,18,22,25-26,31H,4-5,7-8,11-12,16-17H2,1H3,(H,32,33). The SMILES string of the molecule is COc1ccc2nccc(C(O)CCC3C(C(=O)O)CCCN3CCCc3ccccn3)c2c1. The van der Waals surface area contributed by atoms with Crippen LogP contribution in [0.15, 0.2) is 54.9 Å². The fourth-order valence-electron chi connectivity index (χ4n) is 5.13. The molecule has 34 heavy (non-hydrogen) atoms. The molecule has 0 aliphatic carbocycles. The Morgan fingerprint density at radius 3 is 2.85 bits per heavy atom. The number of aliphatic hydroxyl groups excluding tert-OH is 1. The maximum atomic E-state index is 12.0. The molecule has 3 aromatic rings. The Labute approximate surface area is 200 Å². The summed E-state index contributed by atoms with van der Waals surface area (Å²) >= 11 is 0.